The monoisotopic (exact) mass is 376 g/mol. The Morgan fingerprint density at radius 2 is 1.71 bits per heavy atom. The van der Waals surface area contributed by atoms with Crippen LogP contribution >= 0.6 is 0 Å². The van der Waals surface area contributed by atoms with Crippen molar-refractivity contribution in [2.75, 3.05) is 36.7 Å². The van der Waals surface area contributed by atoms with Crippen LogP contribution in [0.3, 0.4) is 0 Å². The van der Waals surface area contributed by atoms with E-state index in [0.29, 0.717) is 12.2 Å². The summed E-state index contributed by atoms with van der Waals surface area (Å²) in [6, 6.07) is 19.1. The van der Waals surface area contributed by atoms with Crippen LogP contribution in [-0.4, -0.2) is 32.1 Å². The molecule has 1 heterocycles. The lowest BCUT2D eigenvalue weighted by Gasteiger charge is -2.13. The highest BCUT2D eigenvalue weighted by molar-refractivity contribution is 6.03. The minimum absolute atomic E-state index is 0.245. The Hall–Kier alpha value is -3.54. The summed E-state index contributed by atoms with van der Waals surface area (Å²) in [7, 11) is 5.59. The van der Waals surface area contributed by atoms with E-state index in [-0.39, 0.29) is 5.91 Å². The summed E-state index contributed by atoms with van der Waals surface area (Å²) in [5.41, 5.74) is 4.11. The molecule has 3 aromatic rings. The van der Waals surface area contributed by atoms with Gasteiger partial charge in [0.05, 0.1) is 7.11 Å². The molecule has 0 atom stereocenters. The first-order valence-corrected chi connectivity index (χ1v) is 8.97. The zero-order chi connectivity index (χ0) is 19.9. The van der Waals surface area contributed by atoms with Gasteiger partial charge in [0.2, 0.25) is 0 Å². The van der Waals surface area contributed by atoms with E-state index in [1.807, 2.05) is 73.6 Å². The molecule has 1 aromatic heterocycles. The van der Waals surface area contributed by atoms with Crippen LogP contribution in [-0.2, 0) is 6.54 Å². The van der Waals surface area contributed by atoms with Gasteiger partial charge in [-0.3, -0.25) is 9.78 Å². The fraction of sp³-hybridized carbons (Fsp3) is 0.182. The Balaban J connectivity index is 1.62. The van der Waals surface area contributed by atoms with Gasteiger partial charge in [-0.2, -0.15) is 0 Å². The molecule has 1 amide bonds. The van der Waals surface area contributed by atoms with Crippen molar-refractivity contribution in [1.29, 1.82) is 0 Å². The predicted octanol–water partition coefficient (Wildman–Crippen LogP) is 4.02. The maximum atomic E-state index is 12.5. The predicted molar refractivity (Wildman–Crippen MR) is 113 cm³/mol. The van der Waals surface area contributed by atoms with Crippen LogP contribution in [0.25, 0.3) is 0 Å². The number of ether oxygens (including phenoxy) is 1. The number of nitrogens with one attached hydrogen (secondary N) is 2. The summed E-state index contributed by atoms with van der Waals surface area (Å²) >= 11 is 0. The average molecular weight is 376 g/mol. The van der Waals surface area contributed by atoms with Crippen LogP contribution in [0, 0.1) is 0 Å². The van der Waals surface area contributed by atoms with Crippen molar-refractivity contribution in [3.63, 3.8) is 0 Å². The van der Waals surface area contributed by atoms with Gasteiger partial charge in [-0.15, -0.1) is 0 Å². The van der Waals surface area contributed by atoms with E-state index in [4.69, 9.17) is 4.74 Å². The zero-order valence-corrected chi connectivity index (χ0v) is 16.3. The van der Waals surface area contributed by atoms with Gasteiger partial charge in [0.25, 0.3) is 5.91 Å². The van der Waals surface area contributed by atoms with Crippen molar-refractivity contribution in [3.8, 4) is 5.75 Å². The second kappa shape index (κ2) is 8.90. The molecule has 0 radical (unpaired) electrons. The van der Waals surface area contributed by atoms with E-state index in [9.17, 15) is 4.79 Å². The molecular weight excluding hydrogens is 352 g/mol. The Bertz CT molecular complexity index is 922. The van der Waals surface area contributed by atoms with Gasteiger partial charge in [-0.25, -0.2) is 0 Å². The summed E-state index contributed by atoms with van der Waals surface area (Å²) in [5, 5.41) is 6.19. The molecular formula is C22H24N4O2. The number of anilines is 3. The second-order valence-electron chi connectivity index (χ2n) is 6.53. The lowest BCUT2D eigenvalue weighted by atomic mass is 10.2. The molecule has 3 rings (SSSR count). The molecule has 0 saturated carbocycles. The molecule has 2 aromatic carbocycles. The molecule has 0 bridgehead atoms. The number of amides is 1. The first kappa shape index (κ1) is 19.2. The van der Waals surface area contributed by atoms with Gasteiger partial charge in [0, 0.05) is 43.9 Å². The van der Waals surface area contributed by atoms with E-state index in [1.165, 1.54) is 0 Å². The number of methoxy groups -OCH3 is 1. The number of hydrogen-bond donors (Lipinski definition) is 2. The summed E-state index contributed by atoms with van der Waals surface area (Å²) < 4.78 is 5.17. The lowest BCUT2D eigenvalue weighted by Crippen LogP contribution is -2.14. The number of carbonyl (C=O) groups excluding carboxylic acids is 1. The first-order valence-electron chi connectivity index (χ1n) is 8.97. The van der Waals surface area contributed by atoms with E-state index in [0.717, 1.165) is 28.4 Å². The SMILES string of the molecule is COc1ccc(CNc2ccnc(C(=O)Nc3ccc(N(C)C)cc3)c2)cc1. The molecule has 0 aliphatic rings. The van der Waals surface area contributed by atoms with E-state index in [1.54, 1.807) is 19.4 Å². The van der Waals surface area contributed by atoms with Crippen LogP contribution in [0.5, 0.6) is 5.75 Å². The maximum Gasteiger partial charge on any atom is 0.274 e. The Morgan fingerprint density at radius 3 is 2.36 bits per heavy atom. The van der Waals surface area contributed by atoms with Crippen LogP contribution < -0.4 is 20.3 Å². The highest BCUT2D eigenvalue weighted by atomic mass is 16.5. The number of pyridine rings is 1. The number of hydrogen-bond acceptors (Lipinski definition) is 5. The Labute approximate surface area is 165 Å². The maximum absolute atomic E-state index is 12.5. The molecule has 0 spiro atoms. The number of rotatable bonds is 7. The van der Waals surface area contributed by atoms with Gasteiger partial charge in [-0.05, 0) is 54.1 Å². The number of benzene rings is 2. The van der Waals surface area contributed by atoms with E-state index in [2.05, 4.69) is 15.6 Å². The van der Waals surface area contributed by atoms with Crippen LogP contribution in [0.4, 0.5) is 17.1 Å². The van der Waals surface area contributed by atoms with E-state index >= 15 is 0 Å². The topological polar surface area (TPSA) is 66.5 Å². The number of carbonyl (C=O) groups is 1. The third kappa shape index (κ3) is 5.01. The molecule has 28 heavy (non-hydrogen) atoms. The normalized spacial score (nSPS) is 10.2. The Morgan fingerprint density at radius 1 is 1.00 bits per heavy atom. The molecule has 0 saturated heterocycles. The molecule has 0 fully saturated rings. The number of nitrogens with zero attached hydrogens (tertiary/aromatic N) is 2. The van der Waals surface area contributed by atoms with Crippen LogP contribution in [0.2, 0.25) is 0 Å². The molecule has 0 unspecified atom stereocenters. The fourth-order valence-electron chi connectivity index (χ4n) is 2.65. The molecule has 0 aliphatic heterocycles. The third-order valence-corrected chi connectivity index (χ3v) is 4.29. The summed E-state index contributed by atoms with van der Waals surface area (Å²) in [6.45, 7) is 0.640. The smallest absolute Gasteiger partial charge is 0.274 e. The first-order chi connectivity index (χ1) is 13.5. The molecule has 144 valence electrons. The molecule has 2 N–H and O–H groups in total. The Kier molecular flexibility index (Phi) is 6.11. The van der Waals surface area contributed by atoms with Crippen molar-refractivity contribution in [1.82, 2.24) is 4.98 Å². The standard InChI is InChI=1S/C22H24N4O2/c1-26(2)19-8-6-17(7-9-19)25-22(27)21-14-18(12-13-23-21)24-15-16-4-10-20(28-3)11-5-16/h4-14H,15H2,1-3H3,(H,23,24)(H,25,27). The van der Waals surface area contributed by atoms with Gasteiger partial charge in [0.1, 0.15) is 11.4 Å². The summed E-state index contributed by atoms with van der Waals surface area (Å²) in [4.78, 5) is 18.7. The number of aromatic nitrogens is 1. The molecule has 0 aliphatic carbocycles. The highest BCUT2D eigenvalue weighted by Gasteiger charge is 2.09. The highest BCUT2D eigenvalue weighted by Crippen LogP contribution is 2.17. The van der Waals surface area contributed by atoms with Crippen molar-refractivity contribution in [2.24, 2.45) is 0 Å². The van der Waals surface area contributed by atoms with Gasteiger partial charge in [-0.1, -0.05) is 12.1 Å². The van der Waals surface area contributed by atoms with Gasteiger partial charge < -0.3 is 20.3 Å². The zero-order valence-electron chi connectivity index (χ0n) is 16.3. The largest absolute Gasteiger partial charge is 0.497 e. The van der Waals surface area contributed by atoms with Crippen molar-refractivity contribution < 1.29 is 9.53 Å². The minimum atomic E-state index is -0.245. The van der Waals surface area contributed by atoms with Gasteiger partial charge >= 0.3 is 0 Å². The van der Waals surface area contributed by atoms with Crippen molar-refractivity contribution >= 4 is 23.0 Å². The third-order valence-electron chi connectivity index (χ3n) is 4.29. The quantitative estimate of drug-likeness (QED) is 0.652. The summed E-state index contributed by atoms with van der Waals surface area (Å²) in [5.74, 6) is 0.580. The lowest BCUT2D eigenvalue weighted by molar-refractivity contribution is 0.102. The van der Waals surface area contributed by atoms with Crippen LogP contribution in [0.15, 0.2) is 66.9 Å². The van der Waals surface area contributed by atoms with Gasteiger partial charge in [0.15, 0.2) is 0 Å². The second-order valence-corrected chi connectivity index (χ2v) is 6.53. The molecule has 6 nitrogen and oxygen atoms in total. The van der Waals surface area contributed by atoms with E-state index < -0.39 is 0 Å². The minimum Gasteiger partial charge on any atom is -0.497 e. The summed E-state index contributed by atoms with van der Waals surface area (Å²) in [6.07, 6.45) is 1.63. The van der Waals surface area contributed by atoms with Crippen molar-refractivity contribution in [3.05, 3.63) is 78.1 Å². The average Bonchev–Trinajstić information content (AvgIpc) is 2.73. The fourth-order valence-corrected chi connectivity index (χ4v) is 2.65. The van der Waals surface area contributed by atoms with Crippen molar-refractivity contribution in [2.45, 2.75) is 6.54 Å². The van der Waals surface area contributed by atoms with Crippen LogP contribution in [0.1, 0.15) is 16.1 Å². The molecule has 6 heteroatoms.